The number of aromatic hydroxyl groups is 3. The van der Waals surface area contributed by atoms with Crippen molar-refractivity contribution in [2.75, 3.05) is 20.8 Å². The Morgan fingerprint density at radius 2 is 1.60 bits per heavy atom. The normalized spacial score (nSPS) is 24.6. The topological polar surface area (TPSA) is 196 Å². The van der Waals surface area contributed by atoms with E-state index in [1.54, 1.807) is 0 Å². The van der Waals surface area contributed by atoms with Crippen LogP contribution >= 0.6 is 0 Å². The molecule has 0 unspecified atom stereocenters. The quantitative estimate of drug-likeness (QED) is 0.146. The van der Waals surface area contributed by atoms with Crippen molar-refractivity contribution in [1.82, 2.24) is 0 Å². The zero-order chi connectivity index (χ0) is 25.9. The molecule has 1 heterocycles. The van der Waals surface area contributed by atoms with Crippen LogP contribution in [-0.2, 0) is 9.47 Å². The predicted octanol–water partition coefficient (Wildman–Crippen LogP) is -0.139. The van der Waals surface area contributed by atoms with E-state index in [-0.39, 0.29) is 34.1 Å². The molecule has 3 rings (SSSR count). The number of Topliss-reactive ketones (excluding diaryl/α,β-unsaturated/α-hetero) is 1. The summed E-state index contributed by atoms with van der Waals surface area (Å²) in [4.78, 5) is 13.4. The Balaban J connectivity index is 2.07. The first kappa shape index (κ1) is 26.1. The van der Waals surface area contributed by atoms with E-state index in [4.69, 9.17) is 18.9 Å². The van der Waals surface area contributed by atoms with Gasteiger partial charge >= 0.3 is 0 Å². The molecule has 0 bridgehead atoms. The summed E-state index contributed by atoms with van der Waals surface area (Å²) in [5.41, 5.74) is -0.0564. The number of phenolic OH excluding ortho intramolecular Hbond substituents is 3. The predicted molar refractivity (Wildman–Crippen MR) is 118 cm³/mol. The van der Waals surface area contributed by atoms with Crippen LogP contribution in [0.1, 0.15) is 15.9 Å². The van der Waals surface area contributed by atoms with Gasteiger partial charge in [0.15, 0.2) is 17.3 Å². The third-order valence-corrected chi connectivity index (χ3v) is 5.36. The second-order valence-corrected chi connectivity index (χ2v) is 7.63. The zero-order valence-electron chi connectivity index (χ0n) is 18.7. The Labute approximate surface area is 199 Å². The minimum Gasteiger partial charge on any atom is -0.508 e. The molecule has 0 spiro atoms. The molecular weight excluding hydrogens is 468 g/mol. The molecule has 2 aromatic rings. The summed E-state index contributed by atoms with van der Waals surface area (Å²) in [6.45, 7) is -0.719. The summed E-state index contributed by atoms with van der Waals surface area (Å²) in [6.07, 6.45) is -7.15. The van der Waals surface area contributed by atoms with Crippen LogP contribution in [0, 0.1) is 0 Å². The lowest BCUT2D eigenvalue weighted by atomic mass is 9.99. The average Bonchev–Trinajstić information content (AvgIpc) is 2.84. The number of hydrogen-bond donors (Lipinski definition) is 7. The van der Waals surface area contributed by atoms with E-state index in [9.17, 15) is 40.5 Å². The summed E-state index contributed by atoms with van der Waals surface area (Å²) in [5, 5.41) is 69.7. The monoisotopic (exact) mass is 494 g/mol. The van der Waals surface area contributed by atoms with Crippen LogP contribution in [-0.4, -0.2) is 93.1 Å². The number of aliphatic hydroxyl groups excluding tert-OH is 4. The highest BCUT2D eigenvalue weighted by molar-refractivity contribution is 6.10. The van der Waals surface area contributed by atoms with Gasteiger partial charge in [-0.1, -0.05) is 0 Å². The van der Waals surface area contributed by atoms with Gasteiger partial charge in [0, 0.05) is 17.2 Å². The molecule has 1 fully saturated rings. The van der Waals surface area contributed by atoms with Crippen LogP contribution in [0.2, 0.25) is 0 Å². The van der Waals surface area contributed by atoms with E-state index < -0.39 is 54.6 Å². The maximum absolute atomic E-state index is 13.4. The third-order valence-electron chi connectivity index (χ3n) is 5.36. The van der Waals surface area contributed by atoms with Crippen molar-refractivity contribution in [3.8, 4) is 28.7 Å². The van der Waals surface area contributed by atoms with Gasteiger partial charge in [-0.15, -0.1) is 0 Å². The van der Waals surface area contributed by atoms with Gasteiger partial charge < -0.3 is 54.7 Å². The molecule has 2 aromatic carbocycles. The van der Waals surface area contributed by atoms with Gasteiger partial charge in [-0.25, -0.2) is 0 Å². The molecule has 12 nitrogen and oxygen atoms in total. The third kappa shape index (κ3) is 5.42. The van der Waals surface area contributed by atoms with Crippen molar-refractivity contribution in [3.63, 3.8) is 0 Å². The molecule has 1 aliphatic rings. The van der Waals surface area contributed by atoms with Crippen LogP contribution in [0.3, 0.4) is 0 Å². The maximum Gasteiger partial charge on any atom is 0.229 e. The lowest BCUT2D eigenvalue weighted by Crippen LogP contribution is -2.59. The van der Waals surface area contributed by atoms with Crippen molar-refractivity contribution >= 4 is 11.9 Å². The van der Waals surface area contributed by atoms with Crippen molar-refractivity contribution < 1.29 is 59.5 Å². The van der Waals surface area contributed by atoms with E-state index in [0.717, 1.165) is 12.1 Å². The van der Waals surface area contributed by atoms with Crippen LogP contribution in [0.15, 0.2) is 36.1 Å². The molecule has 0 saturated carbocycles. The van der Waals surface area contributed by atoms with E-state index in [1.165, 1.54) is 38.5 Å². The average molecular weight is 494 g/mol. The van der Waals surface area contributed by atoms with Gasteiger partial charge in [-0.3, -0.25) is 4.79 Å². The molecule has 7 N–H and O–H groups in total. The molecule has 190 valence electrons. The standard InChI is InChI=1S/C23H26O12/c1-32-14-6-11(7-15(33-2)19(14)28)18(27)16(5-10-3-4-12(25)8-13(10)26)34-23-22(31)21(30)20(29)17(9-24)35-23/h3-8,17,20-26,28-31H,9H2,1-2H3/b16-5+/t17-,20-,21+,22-,23-/m1/s1. The fourth-order valence-electron chi connectivity index (χ4n) is 3.41. The van der Waals surface area contributed by atoms with Crippen LogP contribution in [0.4, 0.5) is 0 Å². The van der Waals surface area contributed by atoms with Crippen LogP contribution in [0.25, 0.3) is 6.08 Å². The number of rotatable bonds is 8. The van der Waals surface area contributed by atoms with Crippen molar-refractivity contribution in [2.45, 2.75) is 30.7 Å². The van der Waals surface area contributed by atoms with Gasteiger partial charge in [0.05, 0.1) is 20.8 Å². The van der Waals surface area contributed by atoms with E-state index >= 15 is 0 Å². The SMILES string of the molecule is COc1cc(C(=O)/C(=C\c2ccc(O)cc2O)O[C@@H]2O[C@H](CO)[C@@H](O)[C@H](O)[C@H]2O)cc(OC)c1O. The van der Waals surface area contributed by atoms with Gasteiger partial charge in [0.25, 0.3) is 0 Å². The Morgan fingerprint density at radius 1 is 0.971 bits per heavy atom. The van der Waals surface area contributed by atoms with Gasteiger partial charge in [0.1, 0.15) is 35.9 Å². The largest absolute Gasteiger partial charge is 0.508 e. The number of carbonyl (C=O) groups excluding carboxylic acids is 1. The van der Waals surface area contributed by atoms with E-state index in [1.807, 2.05) is 0 Å². The van der Waals surface area contributed by atoms with E-state index in [2.05, 4.69) is 0 Å². The van der Waals surface area contributed by atoms with Crippen LogP contribution in [0.5, 0.6) is 28.7 Å². The summed E-state index contributed by atoms with van der Waals surface area (Å²) in [5.74, 6) is -2.54. The first-order chi connectivity index (χ1) is 16.6. The van der Waals surface area contributed by atoms with E-state index in [0.29, 0.717) is 0 Å². The van der Waals surface area contributed by atoms with Gasteiger partial charge in [-0.05, 0) is 30.3 Å². The highest BCUT2D eigenvalue weighted by atomic mass is 16.7. The second-order valence-electron chi connectivity index (χ2n) is 7.63. The zero-order valence-corrected chi connectivity index (χ0v) is 18.7. The van der Waals surface area contributed by atoms with Crippen molar-refractivity contribution in [3.05, 3.63) is 47.2 Å². The number of methoxy groups -OCH3 is 2. The number of hydrogen-bond acceptors (Lipinski definition) is 12. The first-order valence-corrected chi connectivity index (χ1v) is 10.3. The minimum absolute atomic E-state index is 0.0356. The van der Waals surface area contributed by atoms with Crippen molar-refractivity contribution in [1.29, 1.82) is 0 Å². The second kappa shape index (κ2) is 10.8. The fourth-order valence-corrected chi connectivity index (χ4v) is 3.41. The summed E-state index contributed by atoms with van der Waals surface area (Å²) in [7, 11) is 2.52. The molecule has 0 radical (unpaired) electrons. The summed E-state index contributed by atoms with van der Waals surface area (Å²) < 4.78 is 21.0. The number of phenols is 3. The molecule has 0 aromatic heterocycles. The Morgan fingerprint density at radius 3 is 2.14 bits per heavy atom. The first-order valence-electron chi connectivity index (χ1n) is 10.3. The lowest BCUT2D eigenvalue weighted by Gasteiger charge is -2.39. The molecule has 0 aliphatic carbocycles. The minimum atomic E-state index is -1.82. The number of benzene rings is 2. The maximum atomic E-state index is 13.4. The summed E-state index contributed by atoms with van der Waals surface area (Å²) in [6, 6.07) is 5.94. The van der Waals surface area contributed by atoms with Crippen LogP contribution < -0.4 is 9.47 Å². The highest BCUT2D eigenvalue weighted by Gasteiger charge is 2.45. The molecule has 35 heavy (non-hydrogen) atoms. The van der Waals surface area contributed by atoms with Crippen molar-refractivity contribution in [2.24, 2.45) is 0 Å². The number of carbonyl (C=O) groups is 1. The highest BCUT2D eigenvalue weighted by Crippen LogP contribution is 2.38. The molecule has 0 amide bonds. The smallest absolute Gasteiger partial charge is 0.229 e. The number of ketones is 1. The summed E-state index contributed by atoms with van der Waals surface area (Å²) >= 11 is 0. The Hall–Kier alpha value is -3.55. The Bertz CT molecular complexity index is 1070. The van der Waals surface area contributed by atoms with Gasteiger partial charge in [-0.2, -0.15) is 0 Å². The van der Waals surface area contributed by atoms with Gasteiger partial charge in [0.2, 0.25) is 17.8 Å². The molecular formula is C23H26O12. The molecule has 1 saturated heterocycles. The number of aliphatic hydroxyl groups is 4. The molecule has 5 atom stereocenters. The Kier molecular flexibility index (Phi) is 8.04. The lowest BCUT2D eigenvalue weighted by molar-refractivity contribution is -0.289. The number of allylic oxidation sites excluding steroid dienone is 1. The number of ether oxygens (including phenoxy) is 4. The molecule has 1 aliphatic heterocycles. The fraction of sp³-hybridized carbons (Fsp3) is 0.348. The molecule has 12 heteroatoms.